The van der Waals surface area contributed by atoms with Gasteiger partial charge >= 0.3 is 0 Å². The summed E-state index contributed by atoms with van der Waals surface area (Å²) < 4.78 is 0. The molecule has 0 aliphatic carbocycles. The van der Waals surface area contributed by atoms with Crippen LogP contribution < -0.4 is 5.73 Å². The summed E-state index contributed by atoms with van der Waals surface area (Å²) in [6.07, 6.45) is 0. The lowest BCUT2D eigenvalue weighted by Gasteiger charge is -2.10. The lowest BCUT2D eigenvalue weighted by Crippen LogP contribution is -2.05. The average molecular weight is 304 g/mol. The van der Waals surface area contributed by atoms with Gasteiger partial charge in [0.25, 0.3) is 0 Å². The fraction of sp³-hybridized carbons (Fsp3) is 0.0667. The van der Waals surface area contributed by atoms with Crippen LogP contribution in [-0.4, -0.2) is 9.97 Å². The van der Waals surface area contributed by atoms with Crippen LogP contribution in [0.15, 0.2) is 42.5 Å². The number of hydrogen-bond acceptors (Lipinski definition) is 3. The van der Waals surface area contributed by atoms with E-state index in [0.717, 1.165) is 11.1 Å². The molecule has 0 bridgehead atoms. The summed E-state index contributed by atoms with van der Waals surface area (Å²) in [6, 6.07) is 13.0. The monoisotopic (exact) mass is 303 g/mol. The van der Waals surface area contributed by atoms with E-state index in [1.165, 1.54) is 0 Å². The summed E-state index contributed by atoms with van der Waals surface area (Å²) in [5, 5.41) is 1.19. The highest BCUT2D eigenvalue weighted by atomic mass is 35.5. The van der Waals surface area contributed by atoms with Crippen molar-refractivity contribution in [2.24, 2.45) is 5.73 Å². The molecular weight excluding hydrogens is 293 g/mol. The summed E-state index contributed by atoms with van der Waals surface area (Å²) in [7, 11) is 0. The Balaban J connectivity index is 2.33. The van der Waals surface area contributed by atoms with Crippen LogP contribution in [0.4, 0.5) is 0 Å². The smallest absolute Gasteiger partial charge is 0.108 e. The van der Waals surface area contributed by atoms with E-state index in [1.807, 2.05) is 36.4 Å². The van der Waals surface area contributed by atoms with E-state index in [-0.39, 0.29) is 6.54 Å². The van der Waals surface area contributed by atoms with Crippen LogP contribution in [-0.2, 0) is 6.54 Å². The van der Waals surface area contributed by atoms with E-state index in [2.05, 4.69) is 9.97 Å². The van der Waals surface area contributed by atoms with Crippen molar-refractivity contribution in [2.75, 3.05) is 0 Å². The van der Waals surface area contributed by atoms with Gasteiger partial charge in [0, 0.05) is 12.1 Å². The number of para-hydroxylation sites is 1. The van der Waals surface area contributed by atoms with E-state index >= 15 is 0 Å². The fourth-order valence-electron chi connectivity index (χ4n) is 2.09. The van der Waals surface area contributed by atoms with Gasteiger partial charge in [-0.3, -0.25) is 0 Å². The minimum absolute atomic E-state index is 0.273. The van der Waals surface area contributed by atoms with Gasteiger partial charge in [0.2, 0.25) is 0 Å². The summed E-state index contributed by atoms with van der Waals surface area (Å²) in [4.78, 5) is 9.16. The second kappa shape index (κ2) is 5.37. The molecule has 0 unspecified atom stereocenters. The zero-order chi connectivity index (χ0) is 14.1. The van der Waals surface area contributed by atoms with E-state index in [4.69, 9.17) is 28.9 Å². The first-order chi connectivity index (χ1) is 9.70. The van der Waals surface area contributed by atoms with Gasteiger partial charge < -0.3 is 5.73 Å². The van der Waals surface area contributed by atoms with Gasteiger partial charge in [0.05, 0.1) is 26.9 Å². The number of halogens is 2. The number of nitrogens with two attached hydrogens (primary N) is 1. The predicted octanol–water partition coefficient (Wildman–Crippen LogP) is 4.06. The summed E-state index contributed by atoms with van der Waals surface area (Å²) in [5.74, 6) is 0. The second-order valence-corrected chi connectivity index (χ2v) is 5.12. The zero-order valence-electron chi connectivity index (χ0n) is 10.5. The third kappa shape index (κ3) is 2.24. The van der Waals surface area contributed by atoms with Crippen LogP contribution in [0.2, 0.25) is 10.0 Å². The summed E-state index contributed by atoms with van der Waals surface area (Å²) in [5.41, 5.74) is 9.38. The second-order valence-electron chi connectivity index (χ2n) is 4.31. The Morgan fingerprint density at radius 2 is 1.65 bits per heavy atom. The molecule has 0 aliphatic rings. The third-order valence-electron chi connectivity index (χ3n) is 3.04. The van der Waals surface area contributed by atoms with Crippen molar-refractivity contribution >= 4 is 34.2 Å². The Kier molecular flexibility index (Phi) is 3.57. The zero-order valence-corrected chi connectivity index (χ0v) is 12.0. The Morgan fingerprint density at radius 3 is 2.40 bits per heavy atom. The number of nitrogens with zero attached hydrogens (tertiary/aromatic N) is 2. The molecule has 2 aromatic carbocycles. The molecule has 0 aliphatic heterocycles. The average Bonchev–Trinajstić information content (AvgIpc) is 2.47. The highest BCUT2D eigenvalue weighted by molar-refractivity contribution is 6.35. The van der Waals surface area contributed by atoms with Crippen molar-refractivity contribution in [3.8, 4) is 11.3 Å². The van der Waals surface area contributed by atoms with E-state index in [1.54, 1.807) is 6.07 Å². The van der Waals surface area contributed by atoms with Crippen molar-refractivity contribution in [2.45, 2.75) is 6.54 Å². The van der Waals surface area contributed by atoms with Gasteiger partial charge in [0.15, 0.2) is 0 Å². The van der Waals surface area contributed by atoms with Gasteiger partial charge in [-0.05, 0) is 18.2 Å². The van der Waals surface area contributed by atoms with Crippen LogP contribution in [0.5, 0.6) is 0 Å². The number of aromatic nitrogens is 2. The molecule has 5 heteroatoms. The Morgan fingerprint density at radius 1 is 0.900 bits per heavy atom. The maximum atomic E-state index is 6.24. The van der Waals surface area contributed by atoms with Crippen LogP contribution in [0.1, 0.15) is 5.69 Å². The van der Waals surface area contributed by atoms with Gasteiger partial charge in [-0.1, -0.05) is 47.5 Å². The highest BCUT2D eigenvalue weighted by Gasteiger charge is 2.13. The van der Waals surface area contributed by atoms with Crippen molar-refractivity contribution in [3.63, 3.8) is 0 Å². The topological polar surface area (TPSA) is 51.8 Å². The predicted molar refractivity (Wildman–Crippen MR) is 82.9 cm³/mol. The molecule has 0 saturated heterocycles. The molecule has 3 rings (SSSR count). The van der Waals surface area contributed by atoms with Crippen molar-refractivity contribution < 1.29 is 0 Å². The minimum atomic E-state index is 0.273. The summed E-state index contributed by atoms with van der Waals surface area (Å²) in [6.45, 7) is 0.273. The van der Waals surface area contributed by atoms with Gasteiger partial charge in [-0.2, -0.15) is 0 Å². The van der Waals surface area contributed by atoms with Crippen LogP contribution in [0.3, 0.4) is 0 Å². The maximum Gasteiger partial charge on any atom is 0.108 e. The molecular formula is C15H11Cl2N3. The molecule has 0 amide bonds. The SMILES string of the molecule is NCc1nc2c(Cl)cccc2nc1-c1ccccc1Cl. The van der Waals surface area contributed by atoms with E-state index in [0.29, 0.717) is 26.9 Å². The standard InChI is InChI=1S/C15H11Cl2N3/c16-10-5-2-1-4-9(10)14-13(8-18)20-15-11(17)6-3-7-12(15)19-14/h1-7H,8,18H2. The lowest BCUT2D eigenvalue weighted by atomic mass is 10.1. The molecule has 1 aromatic heterocycles. The molecule has 1 heterocycles. The van der Waals surface area contributed by atoms with Gasteiger partial charge in [-0.15, -0.1) is 0 Å². The largest absolute Gasteiger partial charge is 0.325 e. The van der Waals surface area contributed by atoms with Crippen LogP contribution in [0.25, 0.3) is 22.3 Å². The van der Waals surface area contributed by atoms with Crippen LogP contribution in [0, 0.1) is 0 Å². The Labute approximate surface area is 126 Å². The molecule has 0 saturated carbocycles. The first-order valence-corrected chi connectivity index (χ1v) is 6.86. The molecule has 0 fully saturated rings. The molecule has 0 radical (unpaired) electrons. The van der Waals surface area contributed by atoms with Crippen molar-refractivity contribution in [1.29, 1.82) is 0 Å². The lowest BCUT2D eigenvalue weighted by molar-refractivity contribution is 0.992. The van der Waals surface area contributed by atoms with Gasteiger partial charge in [-0.25, -0.2) is 9.97 Å². The maximum absolute atomic E-state index is 6.24. The van der Waals surface area contributed by atoms with Crippen molar-refractivity contribution in [3.05, 3.63) is 58.2 Å². The first-order valence-electron chi connectivity index (χ1n) is 6.11. The van der Waals surface area contributed by atoms with E-state index < -0.39 is 0 Å². The molecule has 2 N–H and O–H groups in total. The van der Waals surface area contributed by atoms with Gasteiger partial charge in [0.1, 0.15) is 5.52 Å². The normalized spacial score (nSPS) is 10.9. The molecule has 0 atom stereocenters. The quantitative estimate of drug-likeness (QED) is 0.776. The molecule has 20 heavy (non-hydrogen) atoms. The van der Waals surface area contributed by atoms with Crippen LogP contribution >= 0.6 is 23.2 Å². The number of hydrogen-bond donors (Lipinski definition) is 1. The first kappa shape index (κ1) is 13.3. The Bertz CT molecular complexity index is 787. The third-order valence-corrected chi connectivity index (χ3v) is 3.67. The fourth-order valence-corrected chi connectivity index (χ4v) is 2.53. The number of benzene rings is 2. The highest BCUT2D eigenvalue weighted by Crippen LogP contribution is 2.30. The molecule has 100 valence electrons. The van der Waals surface area contributed by atoms with Crippen molar-refractivity contribution in [1.82, 2.24) is 9.97 Å². The summed E-state index contributed by atoms with van der Waals surface area (Å²) >= 11 is 12.4. The molecule has 3 nitrogen and oxygen atoms in total. The number of rotatable bonds is 2. The molecule has 3 aromatic rings. The van der Waals surface area contributed by atoms with E-state index in [9.17, 15) is 0 Å². The number of fused-ring (bicyclic) bond motifs is 1. The Hall–Kier alpha value is -1.68. The molecule has 0 spiro atoms. The minimum Gasteiger partial charge on any atom is -0.325 e.